The van der Waals surface area contributed by atoms with E-state index in [1.807, 2.05) is 25.8 Å². The number of likely N-dealkylation sites (tertiary alicyclic amines) is 2. The van der Waals surface area contributed by atoms with Gasteiger partial charge in [0.15, 0.2) is 0 Å². The molecule has 0 aromatic carbocycles. The summed E-state index contributed by atoms with van der Waals surface area (Å²) in [4.78, 5) is 38.6. The van der Waals surface area contributed by atoms with E-state index in [0.717, 1.165) is 37.8 Å². The van der Waals surface area contributed by atoms with Gasteiger partial charge in [-0.05, 0) is 114 Å². The third kappa shape index (κ3) is 11.1. The fraction of sp³-hybridized carbons (Fsp3) is 0.950. The molecule has 4 saturated heterocycles. The maximum Gasteiger partial charge on any atom is 0.223 e. The molecular formula is C40H74N8O2S. The zero-order chi connectivity index (χ0) is 36.0. The van der Waals surface area contributed by atoms with Crippen molar-refractivity contribution in [2.75, 3.05) is 111 Å². The van der Waals surface area contributed by atoms with E-state index < -0.39 is 0 Å². The van der Waals surface area contributed by atoms with Gasteiger partial charge in [0.25, 0.3) is 0 Å². The first-order valence-corrected chi connectivity index (χ1v) is 22.3. The van der Waals surface area contributed by atoms with E-state index >= 15 is 0 Å². The molecule has 2 aliphatic carbocycles. The predicted molar refractivity (Wildman–Crippen MR) is 211 cm³/mol. The molecule has 6 fully saturated rings. The first kappa shape index (κ1) is 39.7. The highest BCUT2D eigenvalue weighted by atomic mass is 32.2. The van der Waals surface area contributed by atoms with Crippen LogP contribution in [0.5, 0.6) is 0 Å². The molecule has 4 heterocycles. The predicted octanol–water partition coefficient (Wildman–Crippen LogP) is 3.54. The average molecular weight is 731 g/mol. The molecule has 4 atom stereocenters. The molecule has 51 heavy (non-hydrogen) atoms. The third-order valence-electron chi connectivity index (χ3n) is 14.1. The molecule has 2 saturated carbocycles. The normalized spacial score (nSPS) is 30.0. The van der Waals surface area contributed by atoms with Crippen LogP contribution in [0.2, 0.25) is 0 Å². The van der Waals surface area contributed by atoms with Gasteiger partial charge in [-0.2, -0.15) is 0 Å². The molecule has 0 radical (unpaired) electrons. The summed E-state index contributed by atoms with van der Waals surface area (Å²) < 4.78 is 2.48. The largest absolute Gasteiger partial charge is 0.353 e. The van der Waals surface area contributed by atoms with Crippen LogP contribution in [0.1, 0.15) is 85.5 Å². The van der Waals surface area contributed by atoms with Gasteiger partial charge in [0.2, 0.25) is 11.8 Å². The SMILES string of the molecule is CSN1CCN(CCN2CCC3(CC2)CC(NC(=O)C(C)CC[C@H](C)N2CCN(CCCN4CC5CC(NC(=O)C(C)C)CC5C4)CC2)C3)CC1. The minimum Gasteiger partial charge on any atom is -0.353 e. The van der Waals surface area contributed by atoms with Crippen LogP contribution in [-0.2, 0) is 9.59 Å². The lowest BCUT2D eigenvalue weighted by Gasteiger charge is -2.52. The number of carbonyl (C=O) groups excluding carboxylic acids is 2. The highest BCUT2D eigenvalue weighted by Crippen LogP contribution is 2.49. The molecule has 0 aromatic rings. The van der Waals surface area contributed by atoms with Gasteiger partial charge in [0, 0.05) is 108 Å². The molecule has 2 amide bonds. The molecule has 3 unspecified atom stereocenters. The fourth-order valence-electron chi connectivity index (χ4n) is 10.3. The summed E-state index contributed by atoms with van der Waals surface area (Å²) in [6.07, 6.45) is 12.9. The number of nitrogens with one attached hydrogen (secondary N) is 2. The Bertz CT molecular complexity index is 1080. The zero-order valence-corrected chi connectivity index (χ0v) is 33.9. The fourth-order valence-corrected chi connectivity index (χ4v) is 10.9. The van der Waals surface area contributed by atoms with Crippen molar-refractivity contribution in [1.29, 1.82) is 0 Å². The first-order valence-electron chi connectivity index (χ1n) is 21.1. The molecule has 1 spiro atoms. The molecule has 10 nitrogen and oxygen atoms in total. The van der Waals surface area contributed by atoms with Crippen LogP contribution in [0.15, 0.2) is 0 Å². The van der Waals surface area contributed by atoms with Gasteiger partial charge >= 0.3 is 0 Å². The van der Waals surface area contributed by atoms with Crippen molar-refractivity contribution in [1.82, 2.24) is 39.4 Å². The van der Waals surface area contributed by atoms with Crippen molar-refractivity contribution in [2.24, 2.45) is 29.1 Å². The Balaban J connectivity index is 0.771. The quantitative estimate of drug-likeness (QED) is 0.232. The van der Waals surface area contributed by atoms with Gasteiger partial charge in [-0.15, -0.1) is 0 Å². The number of piperazine rings is 2. The van der Waals surface area contributed by atoms with E-state index in [2.05, 4.69) is 59.5 Å². The summed E-state index contributed by atoms with van der Waals surface area (Å²) in [6, 6.07) is 1.33. The van der Waals surface area contributed by atoms with Crippen LogP contribution in [0.25, 0.3) is 0 Å². The van der Waals surface area contributed by atoms with E-state index in [1.54, 1.807) is 0 Å². The Morgan fingerprint density at radius 1 is 0.667 bits per heavy atom. The number of carbonyl (C=O) groups is 2. The molecule has 2 N–H and O–H groups in total. The third-order valence-corrected chi connectivity index (χ3v) is 15.0. The number of fused-ring (bicyclic) bond motifs is 1. The van der Waals surface area contributed by atoms with Crippen LogP contribution in [0.3, 0.4) is 0 Å². The lowest BCUT2D eigenvalue weighted by atomic mass is 9.60. The smallest absolute Gasteiger partial charge is 0.223 e. The van der Waals surface area contributed by atoms with Crippen molar-refractivity contribution in [2.45, 2.75) is 104 Å². The summed E-state index contributed by atoms with van der Waals surface area (Å²) in [6.45, 7) is 27.7. The van der Waals surface area contributed by atoms with E-state index in [0.29, 0.717) is 23.5 Å². The number of nitrogens with zero attached hydrogens (tertiary/aromatic N) is 6. The molecule has 6 aliphatic rings. The number of hydrogen-bond acceptors (Lipinski definition) is 9. The van der Waals surface area contributed by atoms with E-state index in [4.69, 9.17) is 0 Å². The van der Waals surface area contributed by atoms with Crippen molar-refractivity contribution in [3.05, 3.63) is 0 Å². The van der Waals surface area contributed by atoms with Gasteiger partial charge in [-0.1, -0.05) is 32.7 Å². The minimum absolute atomic E-state index is 0.0833. The van der Waals surface area contributed by atoms with E-state index in [9.17, 15) is 9.59 Å². The monoisotopic (exact) mass is 731 g/mol. The van der Waals surface area contributed by atoms with Gasteiger partial charge in [0.05, 0.1) is 0 Å². The van der Waals surface area contributed by atoms with Crippen LogP contribution in [-0.4, -0.2) is 170 Å². The van der Waals surface area contributed by atoms with Crippen LogP contribution in [0.4, 0.5) is 0 Å². The Morgan fingerprint density at radius 2 is 1.22 bits per heavy atom. The number of rotatable bonds is 16. The molecule has 11 heteroatoms. The maximum atomic E-state index is 13.1. The average Bonchev–Trinajstić information content (AvgIpc) is 3.68. The molecule has 4 aliphatic heterocycles. The minimum atomic E-state index is 0.0833. The van der Waals surface area contributed by atoms with Crippen LogP contribution >= 0.6 is 11.9 Å². The summed E-state index contributed by atoms with van der Waals surface area (Å²) in [5.41, 5.74) is 0.490. The Kier molecular flexibility index (Phi) is 14.5. The summed E-state index contributed by atoms with van der Waals surface area (Å²) in [7, 11) is 0. The maximum absolute atomic E-state index is 13.1. The second-order valence-corrected chi connectivity index (χ2v) is 19.0. The zero-order valence-electron chi connectivity index (χ0n) is 33.1. The molecular weight excluding hydrogens is 657 g/mol. The summed E-state index contributed by atoms with van der Waals surface area (Å²) in [5, 5.41) is 6.72. The lowest BCUT2D eigenvalue weighted by Crippen LogP contribution is -2.56. The lowest BCUT2D eigenvalue weighted by molar-refractivity contribution is -0.128. The van der Waals surface area contributed by atoms with Crippen LogP contribution < -0.4 is 10.6 Å². The number of hydrogen-bond donors (Lipinski definition) is 2. The molecule has 292 valence electrons. The highest BCUT2D eigenvalue weighted by Gasteiger charge is 2.46. The van der Waals surface area contributed by atoms with Crippen molar-refractivity contribution >= 4 is 23.8 Å². The Labute approximate surface area is 315 Å². The second kappa shape index (κ2) is 18.6. The highest BCUT2D eigenvalue weighted by molar-refractivity contribution is 7.96. The topological polar surface area (TPSA) is 77.6 Å². The van der Waals surface area contributed by atoms with E-state index in [-0.39, 0.29) is 23.7 Å². The molecule has 6 rings (SSSR count). The molecule has 0 aromatic heterocycles. The Morgan fingerprint density at radius 3 is 1.82 bits per heavy atom. The van der Waals surface area contributed by atoms with Gasteiger partial charge in [-0.25, -0.2) is 4.31 Å². The second-order valence-electron chi connectivity index (χ2n) is 18.1. The molecule has 0 bridgehead atoms. The van der Waals surface area contributed by atoms with Crippen molar-refractivity contribution in [3.63, 3.8) is 0 Å². The first-order chi connectivity index (χ1) is 24.6. The van der Waals surface area contributed by atoms with Crippen molar-refractivity contribution < 1.29 is 9.59 Å². The van der Waals surface area contributed by atoms with Gasteiger partial charge in [-0.3, -0.25) is 19.4 Å². The van der Waals surface area contributed by atoms with Gasteiger partial charge < -0.3 is 25.3 Å². The van der Waals surface area contributed by atoms with Crippen LogP contribution in [0, 0.1) is 29.1 Å². The standard InChI is InChI=1S/C40H74N8O2S/c1-31(2)38(49)41-36-25-34-29-46(30-35(34)26-36)12-6-11-43-17-21-47(22-18-43)33(4)8-7-32(3)39(50)42-37-27-40(28-37)9-13-44(14-10-40)15-16-45-19-23-48(51-5)24-20-45/h31-37H,6-30H2,1-5H3,(H,41,49)(H,42,50)/t32?,33-,34?,35?,36?/m0/s1. The number of piperidine rings is 1. The van der Waals surface area contributed by atoms with E-state index in [1.165, 1.54) is 137 Å². The Hall–Kier alpha value is -0.950. The summed E-state index contributed by atoms with van der Waals surface area (Å²) >= 11 is 1.88. The number of amides is 2. The van der Waals surface area contributed by atoms with Gasteiger partial charge in [0.1, 0.15) is 0 Å². The summed E-state index contributed by atoms with van der Waals surface area (Å²) in [5.74, 6) is 2.22. The van der Waals surface area contributed by atoms with Crippen molar-refractivity contribution in [3.8, 4) is 0 Å².